The van der Waals surface area contributed by atoms with E-state index in [0.717, 1.165) is 12.2 Å². The Morgan fingerprint density at radius 2 is 1.41 bits per heavy atom. The molecule has 2 aromatic rings. The summed E-state index contributed by atoms with van der Waals surface area (Å²) in [5.74, 6) is 1.59. The van der Waals surface area contributed by atoms with Gasteiger partial charge in [0.1, 0.15) is 11.5 Å². The van der Waals surface area contributed by atoms with Crippen LogP contribution in [0.2, 0.25) is 0 Å². The fourth-order valence-corrected chi connectivity index (χ4v) is 5.69. The molecule has 1 heterocycles. The summed E-state index contributed by atoms with van der Waals surface area (Å²) >= 11 is 0. The Labute approximate surface area is 163 Å². The van der Waals surface area contributed by atoms with Gasteiger partial charge >= 0.3 is 0 Å². The van der Waals surface area contributed by atoms with E-state index in [1.54, 1.807) is 0 Å². The SMILES string of the molecule is CC(C)Oc1ccc(C(C)(C)c2ccc(OP3(=O)CCC3(C)C)cc2)cc1. The molecule has 2 aromatic carbocycles. The Morgan fingerprint density at radius 3 is 1.78 bits per heavy atom. The Morgan fingerprint density at radius 1 is 0.926 bits per heavy atom. The summed E-state index contributed by atoms with van der Waals surface area (Å²) in [5.41, 5.74) is 2.27. The van der Waals surface area contributed by atoms with Crippen molar-refractivity contribution in [3.05, 3.63) is 59.7 Å². The molecular weight excluding hydrogens is 355 g/mol. The smallest absolute Gasteiger partial charge is 0.253 e. The molecule has 0 amide bonds. The van der Waals surface area contributed by atoms with Crippen molar-refractivity contribution in [2.45, 2.75) is 64.6 Å². The Bertz CT molecular complexity index is 833. The van der Waals surface area contributed by atoms with Crippen molar-refractivity contribution in [3.63, 3.8) is 0 Å². The van der Waals surface area contributed by atoms with Gasteiger partial charge in [-0.3, -0.25) is 4.57 Å². The standard InChI is InChI=1S/C23H31O3P/c1-17(2)25-20-11-7-18(8-12-20)23(5,6)19-9-13-21(14-10-19)26-27(24)16-15-22(27,3)4/h7-14,17H,15-16H2,1-6H3. The van der Waals surface area contributed by atoms with Gasteiger partial charge < -0.3 is 9.26 Å². The average molecular weight is 386 g/mol. The third kappa shape index (κ3) is 3.94. The second-order valence-electron chi connectivity index (χ2n) is 8.89. The van der Waals surface area contributed by atoms with Crippen molar-refractivity contribution in [3.8, 4) is 11.5 Å². The normalized spacial score (nSPS) is 21.6. The maximum atomic E-state index is 12.9. The molecule has 0 radical (unpaired) electrons. The molecular formula is C23H31O3P. The highest BCUT2D eigenvalue weighted by atomic mass is 31.2. The van der Waals surface area contributed by atoms with Crippen LogP contribution in [0.5, 0.6) is 11.5 Å². The summed E-state index contributed by atoms with van der Waals surface area (Å²) in [7, 11) is -2.56. The van der Waals surface area contributed by atoms with E-state index in [4.69, 9.17) is 9.26 Å². The summed E-state index contributed by atoms with van der Waals surface area (Å²) < 4.78 is 24.5. The molecule has 3 nitrogen and oxygen atoms in total. The zero-order valence-electron chi connectivity index (χ0n) is 17.3. The largest absolute Gasteiger partial charge is 0.491 e. The molecule has 1 fully saturated rings. The van der Waals surface area contributed by atoms with Crippen LogP contribution in [0.3, 0.4) is 0 Å². The third-order valence-corrected chi connectivity index (χ3v) is 9.10. The van der Waals surface area contributed by atoms with Crippen LogP contribution in [0, 0.1) is 0 Å². The van der Waals surface area contributed by atoms with Crippen molar-refractivity contribution in [2.75, 3.05) is 6.16 Å². The number of hydrogen-bond donors (Lipinski definition) is 0. The molecule has 1 saturated heterocycles. The highest BCUT2D eigenvalue weighted by Gasteiger charge is 2.51. The van der Waals surface area contributed by atoms with Gasteiger partial charge in [0.05, 0.1) is 11.3 Å². The third-order valence-electron chi connectivity index (χ3n) is 5.72. The van der Waals surface area contributed by atoms with E-state index < -0.39 is 7.37 Å². The fourth-order valence-electron chi connectivity index (χ4n) is 3.40. The first-order valence-corrected chi connectivity index (χ1v) is 11.5. The van der Waals surface area contributed by atoms with Crippen LogP contribution >= 0.6 is 7.37 Å². The first kappa shape index (κ1) is 20.0. The molecule has 1 unspecified atom stereocenters. The first-order valence-electron chi connectivity index (χ1n) is 9.70. The van der Waals surface area contributed by atoms with E-state index in [0.29, 0.717) is 11.9 Å². The molecule has 0 bridgehead atoms. The summed E-state index contributed by atoms with van der Waals surface area (Å²) in [5, 5.41) is -0.204. The van der Waals surface area contributed by atoms with Gasteiger partial charge in [-0.1, -0.05) is 38.1 Å². The topological polar surface area (TPSA) is 35.5 Å². The second-order valence-corrected chi connectivity index (χ2v) is 12.1. The molecule has 0 N–H and O–H groups in total. The van der Waals surface area contributed by atoms with Crippen molar-refractivity contribution in [1.82, 2.24) is 0 Å². The van der Waals surface area contributed by atoms with Gasteiger partial charge in [-0.05, 0) is 69.5 Å². The zero-order valence-corrected chi connectivity index (χ0v) is 18.2. The van der Waals surface area contributed by atoms with E-state index in [-0.39, 0.29) is 16.7 Å². The molecule has 146 valence electrons. The zero-order chi connectivity index (χ0) is 19.9. The van der Waals surface area contributed by atoms with Crippen molar-refractivity contribution in [1.29, 1.82) is 0 Å². The minimum atomic E-state index is -2.56. The lowest BCUT2D eigenvalue weighted by Gasteiger charge is -2.43. The second kappa shape index (κ2) is 7.02. The Balaban J connectivity index is 1.76. The molecule has 1 aliphatic rings. The van der Waals surface area contributed by atoms with Crippen LogP contribution in [0.25, 0.3) is 0 Å². The van der Waals surface area contributed by atoms with Gasteiger partial charge in [0.25, 0.3) is 7.37 Å². The van der Waals surface area contributed by atoms with E-state index in [9.17, 15) is 4.57 Å². The van der Waals surface area contributed by atoms with Crippen molar-refractivity contribution >= 4 is 7.37 Å². The van der Waals surface area contributed by atoms with Crippen LogP contribution in [-0.4, -0.2) is 17.4 Å². The number of hydrogen-bond acceptors (Lipinski definition) is 3. The summed E-state index contributed by atoms with van der Waals surface area (Å²) in [6.45, 7) is 12.5. The van der Waals surface area contributed by atoms with Gasteiger partial charge in [0.2, 0.25) is 0 Å². The van der Waals surface area contributed by atoms with Gasteiger partial charge in [-0.2, -0.15) is 0 Å². The van der Waals surface area contributed by atoms with E-state index >= 15 is 0 Å². The lowest BCUT2D eigenvalue weighted by Crippen LogP contribution is -2.35. The Hall–Kier alpha value is -1.73. The molecule has 4 heteroatoms. The monoisotopic (exact) mass is 386 g/mol. The van der Waals surface area contributed by atoms with Crippen LogP contribution < -0.4 is 9.26 Å². The average Bonchev–Trinajstić information content (AvgIpc) is 2.61. The molecule has 0 aromatic heterocycles. The van der Waals surface area contributed by atoms with E-state index in [1.165, 1.54) is 11.1 Å². The summed E-state index contributed by atoms with van der Waals surface area (Å²) in [6.07, 6.45) is 1.81. The summed E-state index contributed by atoms with van der Waals surface area (Å²) in [4.78, 5) is 0. The molecule has 27 heavy (non-hydrogen) atoms. The number of ether oxygens (including phenoxy) is 1. The predicted molar refractivity (Wildman–Crippen MR) is 113 cm³/mol. The number of benzene rings is 2. The van der Waals surface area contributed by atoms with Gasteiger partial charge in [-0.25, -0.2) is 0 Å². The Kier molecular flexibility index (Phi) is 5.20. The van der Waals surface area contributed by atoms with Crippen LogP contribution in [-0.2, 0) is 9.98 Å². The molecule has 0 saturated carbocycles. The molecule has 1 atom stereocenters. The van der Waals surface area contributed by atoms with Gasteiger partial charge in [0, 0.05) is 11.6 Å². The summed E-state index contributed by atoms with van der Waals surface area (Å²) in [6, 6.07) is 16.3. The van der Waals surface area contributed by atoms with Crippen molar-refractivity contribution in [2.24, 2.45) is 0 Å². The van der Waals surface area contributed by atoms with Gasteiger partial charge in [0.15, 0.2) is 0 Å². The van der Waals surface area contributed by atoms with Crippen LogP contribution in [0.4, 0.5) is 0 Å². The van der Waals surface area contributed by atoms with Gasteiger partial charge in [-0.15, -0.1) is 0 Å². The highest BCUT2D eigenvalue weighted by molar-refractivity contribution is 7.62. The molecule has 0 spiro atoms. The molecule has 1 aliphatic heterocycles. The minimum absolute atomic E-state index is 0.144. The quantitative estimate of drug-likeness (QED) is 0.522. The maximum absolute atomic E-state index is 12.9. The van der Waals surface area contributed by atoms with Crippen LogP contribution in [0.15, 0.2) is 48.5 Å². The maximum Gasteiger partial charge on any atom is 0.253 e. The number of rotatable bonds is 6. The predicted octanol–water partition coefficient (Wildman–Crippen LogP) is 6.64. The first-order chi connectivity index (χ1) is 12.5. The van der Waals surface area contributed by atoms with E-state index in [2.05, 4.69) is 38.1 Å². The lowest BCUT2D eigenvalue weighted by atomic mass is 9.78. The minimum Gasteiger partial charge on any atom is -0.491 e. The highest BCUT2D eigenvalue weighted by Crippen LogP contribution is 2.68. The molecule has 0 aliphatic carbocycles. The lowest BCUT2D eigenvalue weighted by molar-refractivity contribution is 0.242. The van der Waals surface area contributed by atoms with Crippen LogP contribution in [0.1, 0.15) is 59.1 Å². The van der Waals surface area contributed by atoms with E-state index in [1.807, 2.05) is 52.0 Å². The van der Waals surface area contributed by atoms with Crippen molar-refractivity contribution < 1.29 is 13.8 Å². The fraction of sp³-hybridized carbons (Fsp3) is 0.478. The molecule has 3 rings (SSSR count).